The number of benzene rings is 2. The first-order chi connectivity index (χ1) is 11.3. The predicted octanol–water partition coefficient (Wildman–Crippen LogP) is 3.84. The summed E-state index contributed by atoms with van der Waals surface area (Å²) in [7, 11) is 0. The Bertz CT molecular complexity index is 959. The van der Waals surface area contributed by atoms with Gasteiger partial charge in [-0.05, 0) is 30.3 Å². The van der Waals surface area contributed by atoms with Crippen molar-refractivity contribution >= 4 is 33.1 Å². The molecule has 1 heterocycles. The van der Waals surface area contributed by atoms with Crippen LogP contribution in [0.1, 0.15) is 5.56 Å². The van der Waals surface area contributed by atoms with Crippen LogP contribution in [0.4, 0.5) is 18.9 Å². The molecule has 0 aliphatic heterocycles. The highest BCUT2D eigenvalue weighted by Gasteiger charge is 2.30. The van der Waals surface area contributed by atoms with Crippen LogP contribution in [0.3, 0.4) is 0 Å². The smallest absolute Gasteiger partial charge is 0.325 e. The average Bonchev–Trinajstić information content (AvgIpc) is 2.83. The molecule has 3 rings (SSSR count). The summed E-state index contributed by atoms with van der Waals surface area (Å²) in [6.07, 6.45) is -4.46. The van der Waals surface area contributed by atoms with Crippen LogP contribution in [0, 0.1) is 5.41 Å². The summed E-state index contributed by atoms with van der Waals surface area (Å²) in [6, 6.07) is 11.7. The van der Waals surface area contributed by atoms with Gasteiger partial charge in [0, 0.05) is 5.69 Å². The molecule has 124 valence electrons. The van der Waals surface area contributed by atoms with E-state index in [0.717, 1.165) is 22.3 Å². The molecule has 3 aromatic rings. The lowest BCUT2D eigenvalue weighted by Crippen LogP contribution is -2.24. The van der Waals surface area contributed by atoms with Crippen LogP contribution in [0.15, 0.2) is 48.5 Å². The Morgan fingerprint density at radius 3 is 2.67 bits per heavy atom. The number of hydrogen-bond acceptors (Lipinski definition) is 3. The minimum Gasteiger partial charge on any atom is -0.325 e. The third-order valence-corrected chi connectivity index (χ3v) is 4.36. The monoisotopic (exact) mass is 351 g/mol. The zero-order chi connectivity index (χ0) is 17.3. The average molecular weight is 351 g/mol. The van der Waals surface area contributed by atoms with E-state index >= 15 is 0 Å². The van der Waals surface area contributed by atoms with Crippen molar-refractivity contribution < 1.29 is 18.0 Å². The fraction of sp³-hybridized carbons (Fsp3) is 0.125. The van der Waals surface area contributed by atoms with E-state index in [9.17, 15) is 18.0 Å². The van der Waals surface area contributed by atoms with Gasteiger partial charge in [-0.15, -0.1) is 0 Å². The number of fused-ring (bicyclic) bond motifs is 1. The first kappa shape index (κ1) is 16.3. The Balaban J connectivity index is 1.81. The summed E-state index contributed by atoms with van der Waals surface area (Å²) < 4.78 is 40.5. The summed E-state index contributed by atoms with van der Waals surface area (Å²) in [5, 5.41) is 10.4. The number of hydrogen-bond donors (Lipinski definition) is 2. The third kappa shape index (κ3) is 3.33. The molecule has 0 aliphatic rings. The van der Waals surface area contributed by atoms with E-state index < -0.39 is 17.6 Å². The molecule has 0 bridgehead atoms. The molecule has 0 saturated heterocycles. The number of nitrogens with zero attached hydrogens (tertiary/aromatic N) is 1. The number of anilines is 1. The van der Waals surface area contributed by atoms with E-state index in [1.807, 2.05) is 12.1 Å². The molecule has 1 amide bonds. The van der Waals surface area contributed by atoms with Crippen LogP contribution in [0.5, 0.6) is 0 Å². The molecule has 0 aliphatic carbocycles. The third-order valence-electron chi connectivity index (χ3n) is 3.38. The maximum atomic E-state index is 12.7. The fourth-order valence-corrected chi connectivity index (χ4v) is 3.22. The number of carbonyl (C=O) groups excluding carboxylic acids is 1. The highest BCUT2D eigenvalue weighted by atomic mass is 32.1. The molecule has 8 heteroatoms. The number of aromatic nitrogens is 1. The molecule has 0 unspecified atom stereocenters. The largest absolute Gasteiger partial charge is 0.416 e. The highest BCUT2D eigenvalue weighted by molar-refractivity contribution is 7.16. The van der Waals surface area contributed by atoms with Gasteiger partial charge in [-0.25, -0.2) is 0 Å². The topological polar surface area (TPSA) is 57.9 Å². The summed E-state index contributed by atoms with van der Waals surface area (Å²) in [4.78, 5) is 12.3. The van der Waals surface area contributed by atoms with Crippen LogP contribution in [-0.2, 0) is 17.5 Å². The van der Waals surface area contributed by atoms with Gasteiger partial charge >= 0.3 is 6.18 Å². The molecule has 0 fully saturated rings. The van der Waals surface area contributed by atoms with Gasteiger partial charge in [0.2, 0.25) is 5.91 Å². The molecular formula is C16H12F3N3OS. The number of rotatable bonds is 3. The van der Waals surface area contributed by atoms with E-state index in [1.165, 1.54) is 28.0 Å². The minimum atomic E-state index is -4.46. The lowest BCUT2D eigenvalue weighted by atomic mass is 10.2. The van der Waals surface area contributed by atoms with Crippen LogP contribution >= 0.6 is 11.3 Å². The number of halogens is 3. The molecule has 24 heavy (non-hydrogen) atoms. The van der Waals surface area contributed by atoms with Gasteiger partial charge in [0.15, 0.2) is 4.80 Å². The minimum absolute atomic E-state index is 0.0708. The predicted molar refractivity (Wildman–Crippen MR) is 85.7 cm³/mol. The first-order valence-electron chi connectivity index (χ1n) is 6.95. The van der Waals surface area contributed by atoms with Crippen molar-refractivity contribution in [1.29, 1.82) is 5.41 Å². The Morgan fingerprint density at radius 1 is 1.17 bits per heavy atom. The van der Waals surface area contributed by atoms with Crippen molar-refractivity contribution in [1.82, 2.24) is 4.57 Å². The van der Waals surface area contributed by atoms with Crippen molar-refractivity contribution in [2.24, 2.45) is 0 Å². The molecule has 4 nitrogen and oxygen atoms in total. The van der Waals surface area contributed by atoms with Crippen LogP contribution < -0.4 is 10.1 Å². The van der Waals surface area contributed by atoms with Crippen molar-refractivity contribution in [3.05, 3.63) is 58.9 Å². The maximum Gasteiger partial charge on any atom is 0.416 e. The SMILES string of the molecule is N=c1sc2ccccc2n1CC(=O)Nc1cccc(C(F)(F)F)c1. The summed E-state index contributed by atoms with van der Waals surface area (Å²) in [5.41, 5.74) is -0.0108. The second-order valence-electron chi connectivity index (χ2n) is 5.09. The van der Waals surface area contributed by atoms with E-state index in [1.54, 1.807) is 12.1 Å². The molecule has 0 spiro atoms. The fourth-order valence-electron chi connectivity index (χ4n) is 2.31. The molecule has 0 atom stereocenters. The van der Waals surface area contributed by atoms with Crippen molar-refractivity contribution in [3.8, 4) is 0 Å². The standard InChI is InChI=1S/C16H12F3N3OS/c17-16(18,19)10-4-3-5-11(8-10)21-14(23)9-22-12-6-1-2-7-13(12)24-15(22)20/h1-8,20H,9H2,(H,21,23). The Hall–Kier alpha value is -2.61. The van der Waals surface area contributed by atoms with Crippen LogP contribution in [-0.4, -0.2) is 10.5 Å². The van der Waals surface area contributed by atoms with Gasteiger partial charge in [0.25, 0.3) is 0 Å². The van der Waals surface area contributed by atoms with Gasteiger partial charge in [-0.3, -0.25) is 10.2 Å². The number of nitrogens with one attached hydrogen (secondary N) is 2. The van der Waals surface area contributed by atoms with Crippen molar-refractivity contribution in [2.75, 3.05) is 5.32 Å². The van der Waals surface area contributed by atoms with E-state index in [2.05, 4.69) is 5.32 Å². The van der Waals surface area contributed by atoms with E-state index in [-0.39, 0.29) is 17.0 Å². The van der Waals surface area contributed by atoms with Crippen molar-refractivity contribution in [3.63, 3.8) is 0 Å². The summed E-state index contributed by atoms with van der Waals surface area (Å²) >= 11 is 1.23. The number of alkyl halides is 3. The highest BCUT2D eigenvalue weighted by Crippen LogP contribution is 2.30. The van der Waals surface area contributed by atoms with Crippen molar-refractivity contribution in [2.45, 2.75) is 12.7 Å². The summed E-state index contributed by atoms with van der Waals surface area (Å²) in [5.74, 6) is -0.489. The molecule has 0 saturated carbocycles. The number of para-hydroxylation sites is 1. The number of carbonyl (C=O) groups is 1. The Morgan fingerprint density at radius 2 is 1.92 bits per heavy atom. The molecule has 2 N–H and O–H groups in total. The molecular weight excluding hydrogens is 339 g/mol. The Labute approximate surface area is 138 Å². The Kier molecular flexibility index (Phi) is 4.15. The van der Waals surface area contributed by atoms with Gasteiger partial charge in [0.1, 0.15) is 6.54 Å². The molecule has 1 aromatic heterocycles. The maximum absolute atomic E-state index is 12.7. The zero-order valence-corrected chi connectivity index (χ0v) is 13.0. The van der Waals surface area contributed by atoms with Gasteiger partial charge in [-0.2, -0.15) is 13.2 Å². The molecule has 0 radical (unpaired) electrons. The quantitative estimate of drug-likeness (QED) is 0.740. The normalized spacial score (nSPS) is 11.6. The van der Waals surface area contributed by atoms with Gasteiger partial charge in [0.05, 0.1) is 15.8 Å². The number of amides is 1. The van der Waals surface area contributed by atoms with Crippen LogP contribution in [0.25, 0.3) is 10.2 Å². The number of thiazole rings is 1. The second-order valence-corrected chi connectivity index (χ2v) is 6.12. The van der Waals surface area contributed by atoms with Gasteiger partial charge in [-0.1, -0.05) is 29.5 Å². The van der Waals surface area contributed by atoms with Gasteiger partial charge < -0.3 is 9.88 Å². The lowest BCUT2D eigenvalue weighted by molar-refractivity contribution is -0.137. The van der Waals surface area contributed by atoms with Crippen LogP contribution in [0.2, 0.25) is 0 Å². The second kappa shape index (κ2) is 6.12. The summed E-state index contributed by atoms with van der Waals surface area (Å²) in [6.45, 7) is -0.140. The molecule has 2 aromatic carbocycles. The first-order valence-corrected chi connectivity index (χ1v) is 7.76. The van der Waals surface area contributed by atoms with E-state index in [4.69, 9.17) is 5.41 Å². The zero-order valence-electron chi connectivity index (χ0n) is 12.2. The lowest BCUT2D eigenvalue weighted by Gasteiger charge is -2.10. The van der Waals surface area contributed by atoms with E-state index in [0.29, 0.717) is 0 Å².